The van der Waals surface area contributed by atoms with E-state index >= 15 is 0 Å². The highest BCUT2D eigenvalue weighted by molar-refractivity contribution is 5.99. The average Bonchev–Trinajstić information content (AvgIpc) is 3.76. The topological polar surface area (TPSA) is 316 Å². The van der Waals surface area contributed by atoms with Crippen LogP contribution in [0.1, 0.15) is 80.2 Å². The van der Waals surface area contributed by atoms with Gasteiger partial charge in [0, 0.05) is 82.2 Å². The van der Waals surface area contributed by atoms with E-state index in [1.807, 2.05) is 29.2 Å². The Morgan fingerprint density at radius 3 is 2.26 bits per heavy atom. The molecule has 0 bridgehead atoms. The normalized spacial score (nSPS) is 16.4. The van der Waals surface area contributed by atoms with E-state index in [1.165, 1.54) is 0 Å². The van der Waals surface area contributed by atoms with Gasteiger partial charge in [0.05, 0.1) is 6.42 Å². The molecule has 3 aromatic rings. The molecular formula is C47H63F2N13O8. The van der Waals surface area contributed by atoms with Crippen molar-refractivity contribution in [2.75, 3.05) is 44.6 Å². The fourth-order valence-electron chi connectivity index (χ4n) is 7.87. The summed E-state index contributed by atoms with van der Waals surface area (Å²) >= 11 is 0. The Morgan fingerprint density at radius 1 is 0.829 bits per heavy atom. The minimum atomic E-state index is -1.23. The Kier molecular flexibility index (Phi) is 20.6. The van der Waals surface area contributed by atoms with Gasteiger partial charge in [0.25, 0.3) is 0 Å². The molecule has 5 rings (SSSR count). The largest absolute Gasteiger partial charge is 0.508 e. The number of hydrogen-bond acceptors (Lipinski definition) is 12. The van der Waals surface area contributed by atoms with Crippen molar-refractivity contribution in [3.63, 3.8) is 0 Å². The summed E-state index contributed by atoms with van der Waals surface area (Å²) in [5.74, 6) is -5.59. The summed E-state index contributed by atoms with van der Waals surface area (Å²) < 4.78 is 29.3. The molecule has 2 aliphatic rings. The van der Waals surface area contributed by atoms with E-state index in [0.717, 1.165) is 28.9 Å². The number of anilines is 1. The van der Waals surface area contributed by atoms with Crippen LogP contribution in [0, 0.1) is 11.6 Å². The van der Waals surface area contributed by atoms with E-state index in [-0.39, 0.29) is 62.6 Å². The number of aromatic hydroxyl groups is 1. The zero-order chi connectivity index (χ0) is 50.6. The molecule has 1 saturated heterocycles. The van der Waals surface area contributed by atoms with Gasteiger partial charge in [-0.2, -0.15) is 0 Å². The summed E-state index contributed by atoms with van der Waals surface area (Å²) in [5.41, 5.74) is 14.3. The second-order valence-corrected chi connectivity index (χ2v) is 16.7. The first-order valence-electron chi connectivity index (χ1n) is 23.2. The Morgan fingerprint density at radius 2 is 1.53 bits per heavy atom. The zero-order valence-electron chi connectivity index (χ0n) is 39.0. The number of urea groups is 1. The van der Waals surface area contributed by atoms with Crippen LogP contribution >= 0.6 is 0 Å². The quantitative estimate of drug-likeness (QED) is 0.0314. The van der Waals surface area contributed by atoms with Gasteiger partial charge in [-0.05, 0) is 61.4 Å². The number of nitrogens with zero attached hydrogens (tertiary/aromatic N) is 2. The lowest BCUT2D eigenvalue weighted by Gasteiger charge is -2.29. The number of fused-ring (bicyclic) bond motifs is 1. The van der Waals surface area contributed by atoms with Crippen molar-refractivity contribution in [2.24, 2.45) is 16.5 Å². The van der Waals surface area contributed by atoms with Gasteiger partial charge >= 0.3 is 6.03 Å². The Hall–Kier alpha value is -7.40. The third-order valence-corrected chi connectivity index (χ3v) is 11.5. The molecule has 8 amide bonds. The fourth-order valence-corrected chi connectivity index (χ4v) is 7.87. The first-order chi connectivity index (χ1) is 33.7. The van der Waals surface area contributed by atoms with Crippen molar-refractivity contribution in [3.05, 3.63) is 94.6 Å². The van der Waals surface area contributed by atoms with Crippen LogP contribution in [-0.4, -0.2) is 115 Å². The highest BCUT2D eigenvalue weighted by atomic mass is 19.1. The highest BCUT2D eigenvalue weighted by Crippen LogP contribution is 2.35. The number of phenols is 1. The van der Waals surface area contributed by atoms with Gasteiger partial charge < -0.3 is 59.1 Å². The number of carbonyl (C=O) groups is 7. The predicted octanol–water partition coefficient (Wildman–Crippen LogP) is 0.479. The molecule has 378 valence electrons. The van der Waals surface area contributed by atoms with Crippen LogP contribution < -0.4 is 59.3 Å². The number of carbonyl (C=O) groups excluding carboxylic acids is 7. The smallest absolute Gasteiger partial charge is 0.321 e. The van der Waals surface area contributed by atoms with Gasteiger partial charge in [-0.3, -0.25) is 44.0 Å². The van der Waals surface area contributed by atoms with Gasteiger partial charge in [0.1, 0.15) is 41.6 Å². The molecule has 2 aliphatic heterocycles. The zero-order valence-corrected chi connectivity index (χ0v) is 39.0. The maximum Gasteiger partial charge on any atom is 0.321 e. The minimum Gasteiger partial charge on any atom is -0.508 e. The Balaban J connectivity index is 1.20. The van der Waals surface area contributed by atoms with E-state index < -0.39 is 77.4 Å². The number of phenolic OH excluding ortho intramolecular Hbond substituents is 1. The number of hydrogen-bond donors (Lipinski definition) is 12. The number of guanidine groups is 1. The molecule has 0 aromatic heterocycles. The van der Waals surface area contributed by atoms with E-state index in [9.17, 15) is 47.4 Å². The summed E-state index contributed by atoms with van der Waals surface area (Å²) in [5, 5.41) is 34.0. The van der Waals surface area contributed by atoms with E-state index in [2.05, 4.69) is 52.8 Å². The Bertz CT molecular complexity index is 2340. The van der Waals surface area contributed by atoms with Crippen molar-refractivity contribution in [2.45, 2.75) is 95.7 Å². The third-order valence-electron chi connectivity index (χ3n) is 11.5. The van der Waals surface area contributed by atoms with Crippen LogP contribution in [0.5, 0.6) is 5.75 Å². The monoisotopic (exact) mass is 975 g/mol. The summed E-state index contributed by atoms with van der Waals surface area (Å²) in [7, 11) is 0. The van der Waals surface area contributed by atoms with Crippen LogP contribution in [0.4, 0.5) is 19.3 Å². The number of piperazine rings is 1. The summed E-state index contributed by atoms with van der Waals surface area (Å²) in [6.07, 6.45) is 1.78. The molecule has 0 radical (unpaired) electrons. The predicted molar refractivity (Wildman–Crippen MR) is 255 cm³/mol. The van der Waals surface area contributed by atoms with Gasteiger partial charge in [0.15, 0.2) is 5.96 Å². The van der Waals surface area contributed by atoms with Crippen LogP contribution in [-0.2, 0) is 48.4 Å². The lowest BCUT2D eigenvalue weighted by atomic mass is 10.0. The maximum absolute atomic E-state index is 14.6. The van der Waals surface area contributed by atoms with Crippen molar-refractivity contribution in [1.82, 2.24) is 47.4 Å². The average molecular weight is 976 g/mol. The van der Waals surface area contributed by atoms with Crippen LogP contribution in [0.25, 0.3) is 0 Å². The summed E-state index contributed by atoms with van der Waals surface area (Å²) in [4.78, 5) is 95.7. The van der Waals surface area contributed by atoms with Crippen molar-refractivity contribution in [3.8, 4) is 5.75 Å². The molecule has 23 heteroatoms. The molecule has 0 unspecified atom stereocenters. The van der Waals surface area contributed by atoms with E-state index in [4.69, 9.17) is 11.5 Å². The second kappa shape index (κ2) is 27.0. The van der Waals surface area contributed by atoms with Gasteiger partial charge in [-0.25, -0.2) is 13.6 Å². The molecule has 2 heterocycles. The molecule has 21 nitrogen and oxygen atoms in total. The molecule has 4 atom stereocenters. The number of aliphatic imine (C=N–C) groups is 1. The highest BCUT2D eigenvalue weighted by Gasteiger charge is 2.36. The second-order valence-electron chi connectivity index (χ2n) is 16.7. The molecule has 1 fully saturated rings. The standard InChI is InChI=1S/C47H63F2N13O8/c1-2-39(64)54-20-21-56-47(70)61-46(51)55-17-8-15-36(42(66)57-25-31-33(48)22-30(63)23-34(31)49)59-45(69)41(28-10-4-3-5-11-28)62-26-29-12-6-13-35(32(29)27-62)52-18-9-19-53-40(65)24-38-44(68)58-37(14-7-16-50)43(67)60-38/h3-6,10-13,22-23,36-38,41,52,63H,2,7-9,14-21,24-27,50H2,1H3,(H,53,65)(H,54,64)(H,57,66)(H,58,68)(H,59,69)(H,60,67)(H4,51,55,56,61,70)/t36-,37-,38-,41+/m1/s1. The number of amides is 8. The first kappa shape index (κ1) is 53.6. The number of nitrogens with one attached hydrogen (secondary N) is 9. The lowest BCUT2D eigenvalue weighted by Crippen LogP contribution is -2.62. The first-order valence-corrected chi connectivity index (χ1v) is 23.2. The fraction of sp³-hybridized carbons (Fsp3) is 0.447. The van der Waals surface area contributed by atoms with E-state index in [0.29, 0.717) is 64.0 Å². The molecular weight excluding hydrogens is 913 g/mol. The molecule has 3 aromatic carbocycles. The number of benzene rings is 3. The SMILES string of the molecule is CCC(=O)NCCNC(=O)NC(N)=NCCC[C@@H](NC(=O)[C@H](c1ccccc1)N1Cc2cccc(NCCCNC(=O)C[C@H]3NC(=O)[C@@H](CCCN)NC3=O)c2C1)C(=O)NCc1c(F)cc(O)cc1F. The van der Waals surface area contributed by atoms with Crippen molar-refractivity contribution in [1.29, 1.82) is 0 Å². The Labute approximate surface area is 404 Å². The number of nitrogens with two attached hydrogens (primary N) is 2. The summed E-state index contributed by atoms with van der Waals surface area (Å²) in [6.45, 7) is 3.34. The molecule has 70 heavy (non-hydrogen) atoms. The molecule has 14 N–H and O–H groups in total. The van der Waals surface area contributed by atoms with Gasteiger partial charge in [0.2, 0.25) is 35.4 Å². The number of halogens is 2. The van der Waals surface area contributed by atoms with Crippen LogP contribution in [0.2, 0.25) is 0 Å². The van der Waals surface area contributed by atoms with Gasteiger partial charge in [-0.1, -0.05) is 49.4 Å². The minimum absolute atomic E-state index is 0.00298. The lowest BCUT2D eigenvalue weighted by molar-refractivity contribution is -0.138. The van der Waals surface area contributed by atoms with Gasteiger partial charge in [-0.15, -0.1) is 0 Å². The molecule has 0 saturated carbocycles. The van der Waals surface area contributed by atoms with Crippen molar-refractivity contribution < 1.29 is 47.4 Å². The van der Waals surface area contributed by atoms with Crippen molar-refractivity contribution >= 4 is 53.1 Å². The maximum atomic E-state index is 14.6. The molecule has 0 spiro atoms. The number of rotatable bonds is 25. The molecule has 0 aliphatic carbocycles. The van der Waals surface area contributed by atoms with Crippen LogP contribution in [0.15, 0.2) is 65.7 Å². The third kappa shape index (κ3) is 16.1. The van der Waals surface area contributed by atoms with E-state index in [1.54, 1.807) is 31.2 Å². The summed E-state index contributed by atoms with van der Waals surface area (Å²) in [6, 6.07) is 11.7. The van der Waals surface area contributed by atoms with Crippen LogP contribution in [0.3, 0.4) is 0 Å².